The Bertz CT molecular complexity index is 703. The minimum atomic E-state index is -0.470. The number of urea groups is 1. The number of thioether (sulfide) groups is 1. The summed E-state index contributed by atoms with van der Waals surface area (Å²) in [5.41, 5.74) is 2.21. The molecule has 1 aromatic heterocycles. The van der Waals surface area contributed by atoms with Crippen molar-refractivity contribution in [3.8, 4) is 0 Å². The average Bonchev–Trinajstić information content (AvgIpc) is 3.06. The Labute approximate surface area is 155 Å². The zero-order valence-electron chi connectivity index (χ0n) is 14.2. The van der Waals surface area contributed by atoms with Gasteiger partial charge in [-0.05, 0) is 30.5 Å². The fourth-order valence-electron chi connectivity index (χ4n) is 1.84. The second-order valence-corrected chi connectivity index (χ2v) is 7.34. The maximum absolute atomic E-state index is 11.7. The van der Waals surface area contributed by atoms with Crippen molar-refractivity contribution < 1.29 is 9.59 Å². The number of imide groups is 1. The molecule has 3 N–H and O–H groups in total. The van der Waals surface area contributed by atoms with Crippen molar-refractivity contribution in [1.29, 1.82) is 0 Å². The minimum Gasteiger partial charge on any atom is -0.338 e. The lowest BCUT2D eigenvalue weighted by Crippen LogP contribution is -2.40. The van der Waals surface area contributed by atoms with Crippen molar-refractivity contribution >= 4 is 45.9 Å². The van der Waals surface area contributed by atoms with Gasteiger partial charge in [0.15, 0.2) is 4.34 Å². The first kappa shape index (κ1) is 19.2. The standard InChI is InChI=1S/C16H21N5O2S2/c1-3-9-17-14(23)19-13(22)10-24-16-21-20-15(25-16)18-12-7-5-11(4-2)6-8-12/h5-8H,3-4,9-10H2,1-2H3,(H,18,20)(H2,17,19,22,23). The molecule has 2 aromatic rings. The Morgan fingerprint density at radius 1 is 1.16 bits per heavy atom. The predicted molar refractivity (Wildman–Crippen MR) is 102 cm³/mol. The van der Waals surface area contributed by atoms with E-state index in [1.807, 2.05) is 19.1 Å². The van der Waals surface area contributed by atoms with Crippen LogP contribution in [0, 0.1) is 0 Å². The number of rotatable bonds is 8. The van der Waals surface area contributed by atoms with Crippen LogP contribution >= 0.6 is 23.1 Å². The number of benzene rings is 1. The minimum absolute atomic E-state index is 0.110. The normalized spacial score (nSPS) is 10.3. The molecule has 0 saturated carbocycles. The number of anilines is 2. The molecule has 9 heteroatoms. The van der Waals surface area contributed by atoms with Gasteiger partial charge in [-0.1, -0.05) is 49.1 Å². The highest BCUT2D eigenvalue weighted by Gasteiger charge is 2.10. The molecule has 0 atom stereocenters. The summed E-state index contributed by atoms with van der Waals surface area (Å²) < 4.78 is 0.664. The van der Waals surface area contributed by atoms with E-state index in [-0.39, 0.29) is 11.7 Å². The Balaban J connectivity index is 1.78. The zero-order chi connectivity index (χ0) is 18.1. The summed E-state index contributed by atoms with van der Waals surface area (Å²) >= 11 is 2.61. The Kier molecular flexibility index (Phi) is 7.68. The third-order valence-corrected chi connectivity index (χ3v) is 5.11. The molecule has 3 amide bonds. The lowest BCUT2D eigenvalue weighted by molar-refractivity contribution is -0.117. The van der Waals surface area contributed by atoms with Crippen LogP contribution in [0.2, 0.25) is 0 Å². The maximum Gasteiger partial charge on any atom is 0.321 e. The molecule has 1 aromatic carbocycles. The first-order valence-corrected chi connectivity index (χ1v) is 9.80. The predicted octanol–water partition coefficient (Wildman–Crippen LogP) is 3.17. The highest BCUT2D eigenvalue weighted by atomic mass is 32.2. The second-order valence-electron chi connectivity index (χ2n) is 5.14. The van der Waals surface area contributed by atoms with Gasteiger partial charge in [0, 0.05) is 12.2 Å². The summed E-state index contributed by atoms with van der Waals surface area (Å²) in [6.07, 6.45) is 1.82. The van der Waals surface area contributed by atoms with Crippen molar-refractivity contribution in [3.05, 3.63) is 29.8 Å². The third kappa shape index (κ3) is 6.71. The summed E-state index contributed by atoms with van der Waals surface area (Å²) in [7, 11) is 0. The smallest absolute Gasteiger partial charge is 0.321 e. The number of carbonyl (C=O) groups excluding carboxylic acids is 2. The van der Waals surface area contributed by atoms with Crippen LogP contribution in [0.4, 0.5) is 15.6 Å². The van der Waals surface area contributed by atoms with E-state index in [4.69, 9.17) is 0 Å². The van der Waals surface area contributed by atoms with E-state index in [0.717, 1.165) is 18.5 Å². The van der Waals surface area contributed by atoms with Crippen molar-refractivity contribution in [1.82, 2.24) is 20.8 Å². The lowest BCUT2D eigenvalue weighted by atomic mass is 10.1. The number of nitrogens with one attached hydrogen (secondary N) is 3. The number of carbonyl (C=O) groups is 2. The van der Waals surface area contributed by atoms with Crippen molar-refractivity contribution in [2.24, 2.45) is 0 Å². The molecule has 0 bridgehead atoms. The van der Waals surface area contributed by atoms with Crippen LogP contribution in [0.15, 0.2) is 28.6 Å². The SMILES string of the molecule is CCCNC(=O)NC(=O)CSc1nnc(Nc2ccc(CC)cc2)s1. The van der Waals surface area contributed by atoms with Crippen LogP contribution in [0.1, 0.15) is 25.8 Å². The molecule has 0 spiro atoms. The van der Waals surface area contributed by atoms with E-state index in [1.54, 1.807) is 0 Å². The number of nitrogens with zero attached hydrogens (tertiary/aromatic N) is 2. The molecule has 25 heavy (non-hydrogen) atoms. The number of amides is 3. The van der Waals surface area contributed by atoms with Gasteiger partial charge < -0.3 is 10.6 Å². The molecule has 0 fully saturated rings. The molecular weight excluding hydrogens is 358 g/mol. The fraction of sp³-hybridized carbons (Fsp3) is 0.375. The van der Waals surface area contributed by atoms with Crippen LogP contribution in [0.3, 0.4) is 0 Å². The summed E-state index contributed by atoms with van der Waals surface area (Å²) in [5, 5.41) is 16.8. The van der Waals surface area contributed by atoms with E-state index >= 15 is 0 Å². The third-order valence-electron chi connectivity index (χ3n) is 3.14. The summed E-state index contributed by atoms with van der Waals surface area (Å²) in [4.78, 5) is 23.1. The van der Waals surface area contributed by atoms with Crippen molar-refractivity contribution in [3.63, 3.8) is 0 Å². The number of aromatic nitrogens is 2. The average molecular weight is 380 g/mol. The monoisotopic (exact) mass is 379 g/mol. The van der Waals surface area contributed by atoms with E-state index in [2.05, 4.69) is 45.2 Å². The number of aryl methyl sites for hydroxylation is 1. The van der Waals surface area contributed by atoms with Gasteiger partial charge in [0.05, 0.1) is 5.75 Å². The summed E-state index contributed by atoms with van der Waals surface area (Å²) in [6, 6.07) is 7.65. The molecule has 0 aliphatic rings. The van der Waals surface area contributed by atoms with E-state index in [1.165, 1.54) is 28.7 Å². The molecule has 0 saturated heterocycles. The first-order valence-electron chi connectivity index (χ1n) is 8.00. The van der Waals surface area contributed by atoms with Gasteiger partial charge in [-0.2, -0.15) is 0 Å². The summed E-state index contributed by atoms with van der Waals surface area (Å²) in [6.45, 7) is 4.59. The largest absolute Gasteiger partial charge is 0.338 e. The Morgan fingerprint density at radius 2 is 1.92 bits per heavy atom. The van der Waals surface area contributed by atoms with Gasteiger partial charge in [0.2, 0.25) is 11.0 Å². The van der Waals surface area contributed by atoms with Gasteiger partial charge >= 0.3 is 6.03 Å². The van der Waals surface area contributed by atoms with E-state index in [0.29, 0.717) is 16.0 Å². The lowest BCUT2D eigenvalue weighted by Gasteiger charge is -2.04. The molecule has 0 aliphatic heterocycles. The van der Waals surface area contributed by atoms with Crippen molar-refractivity contribution in [2.75, 3.05) is 17.6 Å². The second kappa shape index (κ2) is 10.00. The van der Waals surface area contributed by atoms with Gasteiger partial charge in [-0.15, -0.1) is 10.2 Å². The quantitative estimate of drug-likeness (QED) is 0.610. The van der Waals surface area contributed by atoms with Crippen molar-refractivity contribution in [2.45, 2.75) is 31.0 Å². The van der Waals surface area contributed by atoms with Gasteiger partial charge in [0.1, 0.15) is 0 Å². The molecule has 134 valence electrons. The highest BCUT2D eigenvalue weighted by molar-refractivity contribution is 8.01. The number of hydrogen-bond acceptors (Lipinski definition) is 7. The number of hydrogen-bond donors (Lipinski definition) is 3. The van der Waals surface area contributed by atoms with Crippen LogP contribution in [-0.2, 0) is 11.2 Å². The molecule has 1 heterocycles. The molecule has 2 rings (SSSR count). The van der Waals surface area contributed by atoms with Gasteiger partial charge in [-0.3, -0.25) is 10.1 Å². The van der Waals surface area contributed by atoms with Gasteiger partial charge in [-0.25, -0.2) is 4.79 Å². The summed E-state index contributed by atoms with van der Waals surface area (Å²) in [5.74, 6) is -0.252. The molecule has 0 aliphatic carbocycles. The van der Waals surface area contributed by atoms with Crippen LogP contribution < -0.4 is 16.0 Å². The Morgan fingerprint density at radius 3 is 2.60 bits per heavy atom. The molecule has 0 radical (unpaired) electrons. The maximum atomic E-state index is 11.7. The van der Waals surface area contributed by atoms with Crippen LogP contribution in [-0.4, -0.2) is 34.4 Å². The van der Waals surface area contributed by atoms with Crippen LogP contribution in [0.25, 0.3) is 0 Å². The highest BCUT2D eigenvalue weighted by Crippen LogP contribution is 2.27. The fourth-order valence-corrected chi connectivity index (χ4v) is 3.41. The van der Waals surface area contributed by atoms with E-state index in [9.17, 15) is 9.59 Å². The molecular formula is C16H21N5O2S2. The zero-order valence-corrected chi connectivity index (χ0v) is 15.8. The molecule has 0 unspecified atom stereocenters. The topological polar surface area (TPSA) is 96.0 Å². The Hall–Kier alpha value is -2.13. The van der Waals surface area contributed by atoms with Gasteiger partial charge in [0.25, 0.3) is 0 Å². The van der Waals surface area contributed by atoms with E-state index < -0.39 is 6.03 Å². The molecule has 7 nitrogen and oxygen atoms in total. The first-order chi connectivity index (χ1) is 12.1. The van der Waals surface area contributed by atoms with Crippen LogP contribution in [0.5, 0.6) is 0 Å².